The minimum atomic E-state index is -2.96. The van der Waals surface area contributed by atoms with E-state index in [2.05, 4.69) is 4.98 Å². The van der Waals surface area contributed by atoms with Crippen LogP contribution in [-0.4, -0.2) is 4.98 Å². The zero-order chi connectivity index (χ0) is 18.7. The van der Waals surface area contributed by atoms with Gasteiger partial charge in [-0.25, -0.2) is 0 Å². The van der Waals surface area contributed by atoms with E-state index in [9.17, 15) is 4.57 Å². The van der Waals surface area contributed by atoms with E-state index >= 15 is 0 Å². The number of hydrogen-bond acceptors (Lipinski definition) is 2. The van der Waals surface area contributed by atoms with Crippen molar-refractivity contribution < 1.29 is 4.57 Å². The van der Waals surface area contributed by atoms with Crippen LogP contribution in [0.15, 0.2) is 103 Å². The zero-order valence-electron chi connectivity index (χ0n) is 15.1. The predicted octanol–water partition coefficient (Wildman–Crippen LogP) is 4.70. The summed E-state index contributed by atoms with van der Waals surface area (Å²) in [5.74, 6) is 0. The minimum Gasteiger partial charge on any atom is -0.309 e. The second kappa shape index (κ2) is 7.34. The van der Waals surface area contributed by atoms with Crippen molar-refractivity contribution in [2.24, 2.45) is 0 Å². The van der Waals surface area contributed by atoms with Gasteiger partial charge in [0.15, 0.2) is 7.14 Å². The number of pyridine rings is 1. The molecule has 0 N–H and O–H groups in total. The Kier molecular flexibility index (Phi) is 4.75. The number of nitrogens with zero attached hydrogens (tertiary/aromatic N) is 1. The lowest BCUT2D eigenvalue weighted by Gasteiger charge is -2.20. The maximum absolute atomic E-state index is 14.4. The maximum Gasteiger partial charge on any atom is 0.171 e. The Bertz CT molecular complexity index is 1060. The largest absolute Gasteiger partial charge is 0.309 e. The fraction of sp³-hybridized carbons (Fsp3) is 0.0417. The Balaban J connectivity index is 1.92. The van der Waals surface area contributed by atoms with Gasteiger partial charge in [0.2, 0.25) is 0 Å². The molecule has 4 aromatic rings. The summed E-state index contributed by atoms with van der Waals surface area (Å²) in [6, 6.07) is 33.4. The van der Waals surface area contributed by atoms with Crippen molar-refractivity contribution in [2.45, 2.75) is 6.92 Å². The number of rotatable bonds is 4. The molecule has 0 aliphatic carbocycles. The van der Waals surface area contributed by atoms with E-state index in [-0.39, 0.29) is 0 Å². The maximum atomic E-state index is 14.4. The van der Waals surface area contributed by atoms with E-state index < -0.39 is 7.14 Å². The second-order valence-electron chi connectivity index (χ2n) is 6.49. The molecule has 27 heavy (non-hydrogen) atoms. The molecule has 132 valence electrons. The molecule has 1 heterocycles. The van der Waals surface area contributed by atoms with E-state index in [1.54, 1.807) is 0 Å². The molecule has 0 fully saturated rings. The highest BCUT2D eigenvalue weighted by molar-refractivity contribution is 7.85. The molecule has 0 atom stereocenters. The van der Waals surface area contributed by atoms with Gasteiger partial charge in [0, 0.05) is 27.2 Å². The number of aryl methyl sites for hydroxylation is 1. The third-order valence-corrected chi connectivity index (χ3v) is 7.69. The van der Waals surface area contributed by atoms with Gasteiger partial charge in [-0.1, -0.05) is 84.9 Å². The monoisotopic (exact) mass is 369 g/mol. The molecule has 0 amide bonds. The van der Waals surface area contributed by atoms with Crippen LogP contribution in [0.25, 0.3) is 11.3 Å². The molecule has 0 aliphatic rings. The Morgan fingerprint density at radius 2 is 1.19 bits per heavy atom. The molecule has 0 radical (unpaired) electrons. The van der Waals surface area contributed by atoms with Crippen molar-refractivity contribution in [1.29, 1.82) is 0 Å². The predicted molar refractivity (Wildman–Crippen MR) is 114 cm³/mol. The van der Waals surface area contributed by atoms with Crippen LogP contribution >= 0.6 is 7.14 Å². The van der Waals surface area contributed by atoms with Gasteiger partial charge in [0.25, 0.3) is 0 Å². The van der Waals surface area contributed by atoms with Crippen molar-refractivity contribution >= 4 is 23.1 Å². The first-order valence-electron chi connectivity index (χ1n) is 8.94. The summed E-state index contributed by atoms with van der Waals surface area (Å²) in [7, 11) is -2.96. The van der Waals surface area contributed by atoms with Crippen molar-refractivity contribution in [1.82, 2.24) is 4.98 Å². The Morgan fingerprint density at radius 3 is 1.78 bits per heavy atom. The summed E-state index contributed by atoms with van der Waals surface area (Å²) in [6.07, 6.45) is 0. The smallest absolute Gasteiger partial charge is 0.171 e. The molecule has 0 spiro atoms. The lowest BCUT2D eigenvalue weighted by Crippen LogP contribution is -2.25. The van der Waals surface area contributed by atoms with Gasteiger partial charge in [-0.2, -0.15) is 0 Å². The first kappa shape index (κ1) is 17.5. The molecule has 0 unspecified atom stereocenters. The van der Waals surface area contributed by atoms with E-state index in [0.29, 0.717) is 0 Å². The van der Waals surface area contributed by atoms with Crippen molar-refractivity contribution in [3.63, 3.8) is 0 Å². The highest BCUT2D eigenvalue weighted by Crippen LogP contribution is 2.42. The van der Waals surface area contributed by atoms with Gasteiger partial charge < -0.3 is 4.57 Å². The van der Waals surface area contributed by atoms with Gasteiger partial charge in [-0.15, -0.1) is 0 Å². The third kappa shape index (κ3) is 3.37. The SMILES string of the molecule is Cc1cccc(-c2cccc(P(=O)(c3ccccc3)c3ccccc3)c2)n1. The standard InChI is InChI=1S/C24H20NOP/c1-19-10-8-17-24(25-19)20-11-9-16-23(18-20)27(26,21-12-4-2-5-13-21)22-14-6-3-7-15-22/h2-18H,1H3. The summed E-state index contributed by atoms with van der Waals surface area (Å²) < 4.78 is 14.4. The van der Waals surface area contributed by atoms with Crippen LogP contribution in [0.3, 0.4) is 0 Å². The second-order valence-corrected chi connectivity index (χ2v) is 9.26. The summed E-state index contributed by atoms with van der Waals surface area (Å²) >= 11 is 0. The summed E-state index contributed by atoms with van der Waals surface area (Å²) in [5.41, 5.74) is 2.83. The molecule has 0 saturated heterocycles. The first-order valence-corrected chi connectivity index (χ1v) is 10.6. The molecular weight excluding hydrogens is 349 g/mol. The van der Waals surface area contributed by atoms with Crippen LogP contribution in [0.2, 0.25) is 0 Å². The number of aromatic nitrogens is 1. The van der Waals surface area contributed by atoms with E-state index in [4.69, 9.17) is 0 Å². The Hall–Kier alpha value is -2.96. The van der Waals surface area contributed by atoms with E-state index in [0.717, 1.165) is 32.9 Å². The lowest BCUT2D eigenvalue weighted by molar-refractivity contribution is 0.592. The minimum absolute atomic E-state index is 0.820. The van der Waals surface area contributed by atoms with Crippen molar-refractivity contribution in [3.05, 3.63) is 109 Å². The Morgan fingerprint density at radius 1 is 0.630 bits per heavy atom. The fourth-order valence-electron chi connectivity index (χ4n) is 3.29. The van der Waals surface area contributed by atoms with Gasteiger partial charge in [0.1, 0.15) is 0 Å². The molecule has 0 aliphatic heterocycles. The number of hydrogen-bond donors (Lipinski definition) is 0. The van der Waals surface area contributed by atoms with Crippen LogP contribution in [0.1, 0.15) is 5.69 Å². The number of benzene rings is 3. The molecular formula is C24H20NOP. The fourth-order valence-corrected chi connectivity index (χ4v) is 5.98. The lowest BCUT2D eigenvalue weighted by atomic mass is 10.1. The van der Waals surface area contributed by atoms with Crippen molar-refractivity contribution in [2.75, 3.05) is 0 Å². The van der Waals surface area contributed by atoms with Gasteiger partial charge >= 0.3 is 0 Å². The average molecular weight is 369 g/mol. The third-order valence-electron chi connectivity index (χ3n) is 4.63. The molecule has 1 aromatic heterocycles. The van der Waals surface area contributed by atoms with Crippen LogP contribution in [0.5, 0.6) is 0 Å². The van der Waals surface area contributed by atoms with Crippen LogP contribution < -0.4 is 15.9 Å². The first-order chi connectivity index (χ1) is 13.2. The normalized spacial score (nSPS) is 11.3. The van der Waals surface area contributed by atoms with Crippen molar-refractivity contribution in [3.8, 4) is 11.3 Å². The highest BCUT2D eigenvalue weighted by atomic mass is 31.2. The van der Waals surface area contributed by atoms with Crippen LogP contribution in [0.4, 0.5) is 0 Å². The van der Waals surface area contributed by atoms with Gasteiger partial charge in [-0.3, -0.25) is 4.98 Å². The summed E-state index contributed by atoms with van der Waals surface area (Å²) in [6.45, 7) is 1.98. The van der Waals surface area contributed by atoms with Gasteiger partial charge in [0.05, 0.1) is 5.69 Å². The van der Waals surface area contributed by atoms with Crippen LogP contribution in [-0.2, 0) is 4.57 Å². The van der Waals surface area contributed by atoms with E-state index in [1.807, 2.05) is 110 Å². The topological polar surface area (TPSA) is 30.0 Å². The summed E-state index contributed by atoms with van der Waals surface area (Å²) in [5, 5.41) is 2.50. The molecule has 4 rings (SSSR count). The quantitative estimate of drug-likeness (QED) is 0.488. The molecule has 0 bridgehead atoms. The average Bonchev–Trinajstić information content (AvgIpc) is 2.74. The van der Waals surface area contributed by atoms with Gasteiger partial charge in [-0.05, 0) is 25.1 Å². The Labute approximate surface area is 159 Å². The molecule has 0 saturated carbocycles. The van der Waals surface area contributed by atoms with Crippen LogP contribution in [0, 0.1) is 6.92 Å². The highest BCUT2D eigenvalue weighted by Gasteiger charge is 2.29. The molecule has 2 nitrogen and oxygen atoms in total. The zero-order valence-corrected chi connectivity index (χ0v) is 16.0. The molecule has 3 heteroatoms. The molecule has 3 aromatic carbocycles. The summed E-state index contributed by atoms with van der Waals surface area (Å²) in [4.78, 5) is 4.62. The van der Waals surface area contributed by atoms with E-state index in [1.165, 1.54) is 0 Å².